The van der Waals surface area contributed by atoms with Crippen molar-refractivity contribution in [3.8, 4) is 0 Å². The second-order valence-electron chi connectivity index (χ2n) is 4.98. The van der Waals surface area contributed by atoms with Gasteiger partial charge in [0, 0.05) is 10.5 Å². The van der Waals surface area contributed by atoms with E-state index in [4.69, 9.17) is 5.73 Å². The Hall–Kier alpha value is -2.81. The summed E-state index contributed by atoms with van der Waals surface area (Å²) in [4.78, 5) is 7.88. The van der Waals surface area contributed by atoms with E-state index in [1.807, 2.05) is 0 Å². The molecule has 0 aliphatic heterocycles. The first kappa shape index (κ1) is 17.0. The fraction of sp³-hybridized carbons (Fsp3) is 0. The molecule has 1 aromatic heterocycles. The van der Waals surface area contributed by atoms with Crippen LogP contribution in [-0.2, 0) is 0 Å². The summed E-state index contributed by atoms with van der Waals surface area (Å²) in [5, 5.41) is 5.41. The highest BCUT2D eigenvalue weighted by molar-refractivity contribution is 9.10. The molecular weight excluding hydrogens is 399 g/mol. The molecule has 0 saturated carbocycles. The lowest BCUT2D eigenvalue weighted by Gasteiger charge is -2.13. The topological polar surface area (TPSA) is 75.9 Å². The van der Waals surface area contributed by atoms with Crippen molar-refractivity contribution in [3.63, 3.8) is 0 Å². The van der Waals surface area contributed by atoms with Crippen LogP contribution in [0.2, 0.25) is 0 Å². The maximum Gasteiger partial charge on any atom is 0.159 e. The van der Waals surface area contributed by atoms with Gasteiger partial charge in [0.25, 0.3) is 0 Å². The zero-order chi connectivity index (χ0) is 18.0. The predicted octanol–water partition coefficient (Wildman–Crippen LogP) is 4.73. The van der Waals surface area contributed by atoms with E-state index in [1.54, 1.807) is 6.07 Å². The standard InChI is InChI=1S/C16H11BrF3N5/c17-8-1-3-12(10(19)5-8)24-15-14(21)16(23-7-22-15)25-13-4-2-9(18)6-11(13)20/h1-7H,21H2,(H2,22,23,24,25). The summed E-state index contributed by atoms with van der Waals surface area (Å²) < 4.78 is 41.2. The zero-order valence-corrected chi connectivity index (χ0v) is 14.1. The van der Waals surface area contributed by atoms with Gasteiger partial charge < -0.3 is 16.4 Å². The van der Waals surface area contributed by atoms with E-state index in [1.165, 1.54) is 24.5 Å². The highest BCUT2D eigenvalue weighted by Crippen LogP contribution is 2.30. The van der Waals surface area contributed by atoms with Crippen LogP contribution in [0.3, 0.4) is 0 Å². The largest absolute Gasteiger partial charge is 0.393 e. The molecule has 0 atom stereocenters. The van der Waals surface area contributed by atoms with E-state index in [0.717, 1.165) is 12.1 Å². The van der Waals surface area contributed by atoms with Gasteiger partial charge in [-0.3, -0.25) is 0 Å². The molecule has 0 spiro atoms. The fourth-order valence-electron chi connectivity index (χ4n) is 2.03. The summed E-state index contributed by atoms with van der Waals surface area (Å²) in [6.07, 6.45) is 1.18. The molecule has 0 amide bonds. The molecule has 9 heteroatoms. The molecular formula is C16H11BrF3N5. The van der Waals surface area contributed by atoms with Gasteiger partial charge in [-0.1, -0.05) is 15.9 Å². The Kier molecular flexibility index (Phi) is 4.75. The molecule has 0 saturated heterocycles. The maximum atomic E-state index is 13.9. The molecule has 0 radical (unpaired) electrons. The van der Waals surface area contributed by atoms with Crippen LogP contribution >= 0.6 is 15.9 Å². The lowest BCUT2D eigenvalue weighted by molar-refractivity contribution is 0.586. The first-order valence-corrected chi connectivity index (χ1v) is 7.78. The van der Waals surface area contributed by atoms with Crippen molar-refractivity contribution in [2.45, 2.75) is 0 Å². The fourth-order valence-corrected chi connectivity index (χ4v) is 2.36. The summed E-state index contributed by atoms with van der Waals surface area (Å²) in [7, 11) is 0. The Morgan fingerprint density at radius 1 is 0.840 bits per heavy atom. The van der Waals surface area contributed by atoms with E-state index in [2.05, 4.69) is 36.5 Å². The minimum absolute atomic E-state index is 0.00688. The summed E-state index contributed by atoms with van der Waals surface area (Å²) in [5.74, 6) is -1.77. The highest BCUT2D eigenvalue weighted by Gasteiger charge is 2.13. The maximum absolute atomic E-state index is 13.9. The Bertz CT molecular complexity index is 864. The van der Waals surface area contributed by atoms with Crippen molar-refractivity contribution in [1.82, 2.24) is 9.97 Å². The SMILES string of the molecule is Nc1c(Nc2ccc(F)cc2F)ncnc1Nc1ccc(Br)cc1F. The summed E-state index contributed by atoms with van der Waals surface area (Å²) in [6.45, 7) is 0. The molecule has 0 aliphatic rings. The predicted molar refractivity (Wildman–Crippen MR) is 93.5 cm³/mol. The van der Waals surface area contributed by atoms with Gasteiger partial charge in [-0.2, -0.15) is 0 Å². The average Bonchev–Trinajstić information content (AvgIpc) is 2.56. The number of benzene rings is 2. The van der Waals surface area contributed by atoms with Crippen molar-refractivity contribution in [2.24, 2.45) is 0 Å². The van der Waals surface area contributed by atoms with Gasteiger partial charge in [0.2, 0.25) is 0 Å². The number of anilines is 5. The van der Waals surface area contributed by atoms with E-state index >= 15 is 0 Å². The third-order valence-corrected chi connectivity index (χ3v) is 3.75. The molecule has 0 unspecified atom stereocenters. The number of nitrogens with two attached hydrogens (primary N) is 1. The van der Waals surface area contributed by atoms with Crippen LogP contribution < -0.4 is 16.4 Å². The Morgan fingerprint density at radius 2 is 1.40 bits per heavy atom. The van der Waals surface area contributed by atoms with Gasteiger partial charge in [0.05, 0.1) is 11.4 Å². The third kappa shape index (κ3) is 3.82. The second-order valence-corrected chi connectivity index (χ2v) is 5.90. The van der Waals surface area contributed by atoms with Crippen molar-refractivity contribution in [3.05, 3.63) is 64.6 Å². The van der Waals surface area contributed by atoms with Crippen LogP contribution in [0.4, 0.5) is 41.9 Å². The monoisotopic (exact) mass is 409 g/mol. The number of halogens is 4. The van der Waals surface area contributed by atoms with Gasteiger partial charge in [-0.25, -0.2) is 23.1 Å². The van der Waals surface area contributed by atoms with E-state index in [9.17, 15) is 13.2 Å². The van der Waals surface area contributed by atoms with E-state index < -0.39 is 17.5 Å². The quantitative estimate of drug-likeness (QED) is 0.580. The van der Waals surface area contributed by atoms with Gasteiger partial charge in [0.1, 0.15) is 29.5 Å². The zero-order valence-electron chi connectivity index (χ0n) is 12.5. The van der Waals surface area contributed by atoms with Crippen molar-refractivity contribution in [2.75, 3.05) is 16.4 Å². The summed E-state index contributed by atoms with van der Waals surface area (Å²) in [6, 6.07) is 7.49. The van der Waals surface area contributed by atoms with Gasteiger partial charge in [-0.15, -0.1) is 0 Å². The highest BCUT2D eigenvalue weighted by atomic mass is 79.9. The van der Waals surface area contributed by atoms with Gasteiger partial charge >= 0.3 is 0 Å². The van der Waals surface area contributed by atoms with Crippen LogP contribution in [0.1, 0.15) is 0 Å². The molecule has 3 aromatic rings. The minimum Gasteiger partial charge on any atom is -0.393 e. The number of hydrogen-bond acceptors (Lipinski definition) is 5. The van der Waals surface area contributed by atoms with Crippen LogP contribution in [0, 0.1) is 17.5 Å². The Balaban J connectivity index is 1.89. The lowest BCUT2D eigenvalue weighted by atomic mass is 10.2. The summed E-state index contributed by atoms with van der Waals surface area (Å²) in [5.41, 5.74) is 6.16. The lowest BCUT2D eigenvalue weighted by Crippen LogP contribution is -2.06. The Morgan fingerprint density at radius 3 is 1.96 bits per heavy atom. The number of nitrogen functional groups attached to an aromatic ring is 1. The first-order valence-electron chi connectivity index (χ1n) is 6.98. The number of aromatic nitrogens is 2. The van der Waals surface area contributed by atoms with Crippen molar-refractivity contribution < 1.29 is 13.2 Å². The van der Waals surface area contributed by atoms with E-state index in [-0.39, 0.29) is 28.7 Å². The first-order chi connectivity index (χ1) is 11.9. The minimum atomic E-state index is -0.800. The van der Waals surface area contributed by atoms with E-state index in [0.29, 0.717) is 4.47 Å². The molecule has 0 aliphatic carbocycles. The molecule has 25 heavy (non-hydrogen) atoms. The van der Waals surface area contributed by atoms with Crippen LogP contribution in [0.5, 0.6) is 0 Å². The number of nitrogens with one attached hydrogen (secondary N) is 2. The molecule has 0 fully saturated rings. The molecule has 2 aromatic carbocycles. The molecule has 4 N–H and O–H groups in total. The third-order valence-electron chi connectivity index (χ3n) is 3.25. The number of nitrogens with zero attached hydrogens (tertiary/aromatic N) is 2. The average molecular weight is 410 g/mol. The van der Waals surface area contributed by atoms with Crippen LogP contribution in [0.25, 0.3) is 0 Å². The molecule has 1 heterocycles. The number of rotatable bonds is 4. The van der Waals surface area contributed by atoms with Crippen LogP contribution in [0.15, 0.2) is 47.2 Å². The second kappa shape index (κ2) is 6.98. The Labute approximate surface area is 149 Å². The molecule has 5 nitrogen and oxygen atoms in total. The smallest absolute Gasteiger partial charge is 0.159 e. The molecule has 128 valence electrons. The molecule has 0 bridgehead atoms. The summed E-state index contributed by atoms with van der Waals surface area (Å²) >= 11 is 3.17. The molecule has 3 rings (SSSR count). The van der Waals surface area contributed by atoms with Crippen LogP contribution in [-0.4, -0.2) is 9.97 Å². The van der Waals surface area contributed by atoms with Crippen molar-refractivity contribution >= 4 is 44.6 Å². The normalized spacial score (nSPS) is 10.6. The number of hydrogen-bond donors (Lipinski definition) is 3. The van der Waals surface area contributed by atoms with Gasteiger partial charge in [-0.05, 0) is 30.3 Å². The van der Waals surface area contributed by atoms with Gasteiger partial charge in [0.15, 0.2) is 11.6 Å². The van der Waals surface area contributed by atoms with Crippen molar-refractivity contribution in [1.29, 1.82) is 0 Å².